The first-order chi connectivity index (χ1) is 5.00. The Labute approximate surface area is 74.0 Å². The number of hydrogen-bond donors (Lipinski definition) is 1. The summed E-state index contributed by atoms with van der Waals surface area (Å²) < 4.78 is 2.98. The highest BCUT2D eigenvalue weighted by Crippen LogP contribution is 2.19. The molecule has 0 amide bonds. The van der Waals surface area contributed by atoms with Crippen molar-refractivity contribution in [3.63, 3.8) is 0 Å². The van der Waals surface area contributed by atoms with Gasteiger partial charge in [-0.2, -0.15) is 0 Å². The molecule has 0 spiro atoms. The van der Waals surface area contributed by atoms with Gasteiger partial charge in [0.05, 0.1) is 11.9 Å². The van der Waals surface area contributed by atoms with Gasteiger partial charge >= 0.3 is 0 Å². The van der Waals surface area contributed by atoms with Crippen molar-refractivity contribution in [1.29, 1.82) is 0 Å². The standard InChI is InChI=1S/C8H18N2S/c1-7(2)8(3,4)9-6-10-11-5/h6-7H,1-5H3,(H,9,10). The van der Waals surface area contributed by atoms with Gasteiger partial charge in [-0.05, 0) is 19.8 Å². The van der Waals surface area contributed by atoms with Gasteiger partial charge in [-0.3, -0.25) is 4.99 Å². The first-order valence-corrected chi connectivity index (χ1v) is 5.05. The maximum Gasteiger partial charge on any atom is 0.0929 e. The van der Waals surface area contributed by atoms with Crippen LogP contribution in [-0.4, -0.2) is 18.1 Å². The predicted octanol–water partition coefficient (Wildman–Crippen LogP) is 2.32. The quantitative estimate of drug-likeness (QED) is 0.402. The molecule has 0 rings (SSSR count). The predicted molar refractivity (Wildman–Crippen MR) is 54.1 cm³/mol. The van der Waals surface area contributed by atoms with Crippen molar-refractivity contribution in [3.8, 4) is 0 Å². The Morgan fingerprint density at radius 3 is 2.36 bits per heavy atom. The van der Waals surface area contributed by atoms with Crippen molar-refractivity contribution < 1.29 is 0 Å². The fraction of sp³-hybridized carbons (Fsp3) is 0.875. The molecule has 0 saturated heterocycles. The number of nitrogens with one attached hydrogen (secondary N) is 1. The third kappa shape index (κ3) is 4.30. The van der Waals surface area contributed by atoms with E-state index in [1.807, 2.05) is 6.26 Å². The molecule has 0 aliphatic rings. The summed E-state index contributed by atoms with van der Waals surface area (Å²) in [6.45, 7) is 8.62. The van der Waals surface area contributed by atoms with Crippen LogP contribution in [0.4, 0.5) is 0 Å². The lowest BCUT2D eigenvalue weighted by molar-refractivity contribution is 0.377. The van der Waals surface area contributed by atoms with Crippen molar-refractivity contribution in [2.45, 2.75) is 33.2 Å². The largest absolute Gasteiger partial charge is 0.321 e. The normalized spacial score (nSPS) is 12.9. The molecule has 0 radical (unpaired) electrons. The molecule has 11 heavy (non-hydrogen) atoms. The molecule has 66 valence electrons. The number of hydrogen-bond acceptors (Lipinski definition) is 2. The van der Waals surface area contributed by atoms with E-state index in [0.29, 0.717) is 5.92 Å². The van der Waals surface area contributed by atoms with Gasteiger partial charge < -0.3 is 4.72 Å². The Hall–Kier alpha value is -0.180. The Balaban J connectivity index is 3.90. The van der Waals surface area contributed by atoms with Gasteiger partial charge in [0.2, 0.25) is 0 Å². The fourth-order valence-corrected chi connectivity index (χ4v) is 0.553. The van der Waals surface area contributed by atoms with E-state index >= 15 is 0 Å². The van der Waals surface area contributed by atoms with E-state index in [-0.39, 0.29) is 5.54 Å². The topological polar surface area (TPSA) is 24.4 Å². The molecule has 3 heteroatoms. The molecule has 0 saturated carbocycles. The van der Waals surface area contributed by atoms with Crippen LogP contribution in [0.3, 0.4) is 0 Å². The van der Waals surface area contributed by atoms with Gasteiger partial charge in [0.1, 0.15) is 0 Å². The van der Waals surface area contributed by atoms with Crippen LogP contribution in [0.1, 0.15) is 27.7 Å². The minimum Gasteiger partial charge on any atom is -0.321 e. The molecule has 0 unspecified atom stereocenters. The Morgan fingerprint density at radius 2 is 2.00 bits per heavy atom. The van der Waals surface area contributed by atoms with Crippen LogP contribution in [0.25, 0.3) is 0 Å². The molecule has 0 atom stereocenters. The third-order valence-electron chi connectivity index (χ3n) is 1.98. The minimum atomic E-state index is 0.0444. The van der Waals surface area contributed by atoms with Crippen LogP contribution >= 0.6 is 11.9 Å². The van der Waals surface area contributed by atoms with E-state index in [9.17, 15) is 0 Å². The smallest absolute Gasteiger partial charge is 0.0929 e. The maximum atomic E-state index is 4.39. The summed E-state index contributed by atoms with van der Waals surface area (Å²) in [6.07, 6.45) is 3.75. The molecule has 0 aliphatic heterocycles. The average Bonchev–Trinajstić information content (AvgIpc) is 1.88. The van der Waals surface area contributed by atoms with Crippen LogP contribution in [0, 0.1) is 5.92 Å². The lowest BCUT2D eigenvalue weighted by Crippen LogP contribution is -2.25. The average molecular weight is 174 g/mol. The van der Waals surface area contributed by atoms with Gasteiger partial charge in [-0.1, -0.05) is 25.8 Å². The highest BCUT2D eigenvalue weighted by Gasteiger charge is 2.19. The molecule has 0 aliphatic carbocycles. The summed E-state index contributed by atoms with van der Waals surface area (Å²) in [5.41, 5.74) is 0.0444. The van der Waals surface area contributed by atoms with Crippen LogP contribution in [-0.2, 0) is 0 Å². The van der Waals surface area contributed by atoms with Crippen molar-refractivity contribution in [1.82, 2.24) is 4.72 Å². The molecule has 0 aromatic heterocycles. The zero-order valence-electron chi connectivity index (χ0n) is 8.01. The number of aliphatic imine (C=N–C) groups is 1. The van der Waals surface area contributed by atoms with E-state index in [1.54, 1.807) is 18.3 Å². The van der Waals surface area contributed by atoms with Crippen LogP contribution in [0.15, 0.2) is 4.99 Å². The molecule has 0 fully saturated rings. The van der Waals surface area contributed by atoms with Gasteiger partial charge in [-0.25, -0.2) is 0 Å². The molecule has 0 heterocycles. The van der Waals surface area contributed by atoms with E-state index in [2.05, 4.69) is 37.4 Å². The second kappa shape index (κ2) is 4.65. The molecule has 0 aromatic rings. The molecule has 1 N–H and O–H groups in total. The summed E-state index contributed by atoms with van der Waals surface area (Å²) in [6, 6.07) is 0. The van der Waals surface area contributed by atoms with E-state index < -0.39 is 0 Å². The lowest BCUT2D eigenvalue weighted by atomic mass is 9.92. The van der Waals surface area contributed by atoms with Gasteiger partial charge in [0, 0.05) is 6.26 Å². The van der Waals surface area contributed by atoms with Gasteiger partial charge in [0.25, 0.3) is 0 Å². The maximum absolute atomic E-state index is 4.39. The Bertz CT molecular complexity index is 130. The van der Waals surface area contributed by atoms with Gasteiger partial charge in [-0.15, -0.1) is 0 Å². The summed E-state index contributed by atoms with van der Waals surface area (Å²) in [5, 5.41) is 0. The summed E-state index contributed by atoms with van der Waals surface area (Å²) in [7, 11) is 0. The van der Waals surface area contributed by atoms with Gasteiger partial charge in [0.15, 0.2) is 0 Å². The SMILES string of the molecule is CSNC=NC(C)(C)C(C)C. The molecule has 0 bridgehead atoms. The van der Waals surface area contributed by atoms with Crippen molar-refractivity contribution in [3.05, 3.63) is 0 Å². The second-order valence-electron chi connectivity index (χ2n) is 3.39. The summed E-state index contributed by atoms with van der Waals surface area (Å²) in [5.74, 6) is 0.572. The third-order valence-corrected chi connectivity index (χ3v) is 2.32. The fourth-order valence-electron chi connectivity index (χ4n) is 0.394. The Kier molecular flexibility index (Phi) is 4.57. The Morgan fingerprint density at radius 1 is 1.45 bits per heavy atom. The summed E-state index contributed by atoms with van der Waals surface area (Å²) in [4.78, 5) is 4.39. The lowest BCUT2D eigenvalue weighted by Gasteiger charge is -2.23. The number of rotatable bonds is 4. The van der Waals surface area contributed by atoms with E-state index in [1.165, 1.54) is 0 Å². The van der Waals surface area contributed by atoms with Crippen molar-refractivity contribution in [2.75, 3.05) is 6.26 Å². The zero-order valence-corrected chi connectivity index (χ0v) is 8.83. The first-order valence-electron chi connectivity index (χ1n) is 3.83. The highest BCUT2D eigenvalue weighted by atomic mass is 32.2. The van der Waals surface area contributed by atoms with Crippen molar-refractivity contribution in [2.24, 2.45) is 10.9 Å². The minimum absolute atomic E-state index is 0.0444. The number of nitrogens with zero attached hydrogens (tertiary/aromatic N) is 1. The summed E-state index contributed by atoms with van der Waals surface area (Å²) >= 11 is 1.55. The highest BCUT2D eigenvalue weighted by molar-refractivity contribution is 7.97. The molecule has 0 aromatic carbocycles. The van der Waals surface area contributed by atoms with Crippen LogP contribution in [0.5, 0.6) is 0 Å². The van der Waals surface area contributed by atoms with E-state index in [0.717, 1.165) is 0 Å². The molecular weight excluding hydrogens is 156 g/mol. The second-order valence-corrected chi connectivity index (χ2v) is 4.03. The monoisotopic (exact) mass is 174 g/mol. The first kappa shape index (κ1) is 10.8. The van der Waals surface area contributed by atoms with Crippen molar-refractivity contribution >= 4 is 18.3 Å². The van der Waals surface area contributed by atoms with E-state index in [4.69, 9.17) is 0 Å². The van der Waals surface area contributed by atoms with Crippen LogP contribution < -0.4 is 4.72 Å². The molecular formula is C8H18N2S. The zero-order chi connectivity index (χ0) is 8.91. The van der Waals surface area contributed by atoms with Crippen LogP contribution in [0.2, 0.25) is 0 Å². The molecule has 2 nitrogen and oxygen atoms in total.